The number of aryl methyl sites for hydroxylation is 1. The van der Waals surface area contributed by atoms with Crippen molar-refractivity contribution in [2.24, 2.45) is 0 Å². The standard InChI is InChI=1S/C19H18N2O6/c1-13-4-3-5-14(10-13)6-9-19(23)27-12-18(22)20-16-8-7-15(21(24)25)11-17(16)26-2/h3-11H,12H2,1-2H3,(H,20,22)/b9-6+. The number of esters is 1. The predicted octanol–water partition coefficient (Wildman–Crippen LogP) is 3.11. The summed E-state index contributed by atoms with van der Waals surface area (Å²) in [6, 6.07) is 11.3. The molecule has 0 radical (unpaired) electrons. The molecule has 0 unspecified atom stereocenters. The minimum absolute atomic E-state index is 0.128. The Morgan fingerprint density at radius 1 is 1.22 bits per heavy atom. The lowest BCUT2D eigenvalue weighted by molar-refractivity contribution is -0.384. The highest BCUT2D eigenvalue weighted by molar-refractivity contribution is 5.95. The molecule has 0 saturated heterocycles. The molecule has 0 aliphatic carbocycles. The van der Waals surface area contributed by atoms with Gasteiger partial charge >= 0.3 is 5.97 Å². The molecule has 0 spiro atoms. The second-order valence-electron chi connectivity index (χ2n) is 5.55. The van der Waals surface area contributed by atoms with Crippen LogP contribution in [0.2, 0.25) is 0 Å². The van der Waals surface area contributed by atoms with Gasteiger partial charge in [0.15, 0.2) is 6.61 Å². The van der Waals surface area contributed by atoms with E-state index in [1.54, 1.807) is 6.08 Å². The van der Waals surface area contributed by atoms with Gasteiger partial charge in [0, 0.05) is 12.1 Å². The number of hydrogen-bond acceptors (Lipinski definition) is 6. The first kappa shape index (κ1) is 19.6. The van der Waals surface area contributed by atoms with Gasteiger partial charge in [-0.3, -0.25) is 14.9 Å². The van der Waals surface area contributed by atoms with Crippen LogP contribution in [0.4, 0.5) is 11.4 Å². The molecule has 0 bridgehead atoms. The van der Waals surface area contributed by atoms with Gasteiger partial charge in [-0.1, -0.05) is 29.8 Å². The SMILES string of the molecule is COc1cc([N+](=O)[O-])ccc1NC(=O)COC(=O)/C=C/c1cccc(C)c1. The van der Waals surface area contributed by atoms with Gasteiger partial charge in [-0.15, -0.1) is 0 Å². The summed E-state index contributed by atoms with van der Waals surface area (Å²) in [6.07, 6.45) is 2.82. The first-order valence-corrected chi connectivity index (χ1v) is 7.93. The van der Waals surface area contributed by atoms with Crippen LogP contribution in [0.15, 0.2) is 48.5 Å². The van der Waals surface area contributed by atoms with E-state index in [2.05, 4.69) is 5.32 Å². The lowest BCUT2D eigenvalue weighted by Crippen LogP contribution is -2.20. The quantitative estimate of drug-likeness (QED) is 0.347. The summed E-state index contributed by atoms with van der Waals surface area (Å²) in [5.74, 6) is -1.13. The zero-order valence-electron chi connectivity index (χ0n) is 14.8. The van der Waals surface area contributed by atoms with Crippen molar-refractivity contribution < 1.29 is 24.0 Å². The minimum Gasteiger partial charge on any atom is -0.494 e. The molecule has 0 aromatic heterocycles. The first-order chi connectivity index (χ1) is 12.9. The Hall–Kier alpha value is -3.68. The smallest absolute Gasteiger partial charge is 0.331 e. The topological polar surface area (TPSA) is 108 Å². The van der Waals surface area contributed by atoms with E-state index in [0.717, 1.165) is 11.1 Å². The fraction of sp³-hybridized carbons (Fsp3) is 0.158. The normalized spacial score (nSPS) is 10.4. The van der Waals surface area contributed by atoms with Gasteiger partial charge < -0.3 is 14.8 Å². The van der Waals surface area contributed by atoms with E-state index < -0.39 is 23.4 Å². The average Bonchev–Trinajstić information content (AvgIpc) is 2.65. The van der Waals surface area contributed by atoms with E-state index >= 15 is 0 Å². The molecular formula is C19H18N2O6. The Morgan fingerprint density at radius 2 is 2.00 bits per heavy atom. The van der Waals surface area contributed by atoms with Gasteiger partial charge in [0.1, 0.15) is 5.75 Å². The molecule has 0 aliphatic heterocycles. The van der Waals surface area contributed by atoms with Crippen molar-refractivity contribution in [1.29, 1.82) is 0 Å². The van der Waals surface area contributed by atoms with E-state index in [0.29, 0.717) is 0 Å². The highest BCUT2D eigenvalue weighted by atomic mass is 16.6. The number of nitro groups is 1. The zero-order chi connectivity index (χ0) is 19.8. The lowest BCUT2D eigenvalue weighted by atomic mass is 10.1. The molecule has 8 nitrogen and oxygen atoms in total. The summed E-state index contributed by atoms with van der Waals surface area (Å²) in [4.78, 5) is 33.8. The van der Waals surface area contributed by atoms with Crippen molar-refractivity contribution in [2.45, 2.75) is 6.92 Å². The van der Waals surface area contributed by atoms with E-state index in [-0.39, 0.29) is 17.1 Å². The molecule has 2 rings (SSSR count). The molecule has 2 aromatic carbocycles. The van der Waals surface area contributed by atoms with Gasteiger partial charge in [-0.05, 0) is 24.6 Å². The van der Waals surface area contributed by atoms with Crippen molar-refractivity contribution in [3.8, 4) is 5.75 Å². The monoisotopic (exact) mass is 370 g/mol. The molecule has 27 heavy (non-hydrogen) atoms. The van der Waals surface area contributed by atoms with E-state index in [1.807, 2.05) is 31.2 Å². The maximum atomic E-state index is 11.9. The number of nitrogens with one attached hydrogen (secondary N) is 1. The number of carbonyl (C=O) groups is 2. The molecule has 0 fully saturated rings. The van der Waals surface area contributed by atoms with Crippen LogP contribution in [0.25, 0.3) is 6.08 Å². The van der Waals surface area contributed by atoms with Crippen molar-refractivity contribution >= 4 is 29.3 Å². The summed E-state index contributed by atoms with van der Waals surface area (Å²) in [7, 11) is 1.32. The van der Waals surface area contributed by atoms with Crippen LogP contribution in [-0.2, 0) is 14.3 Å². The van der Waals surface area contributed by atoms with Crippen molar-refractivity contribution in [2.75, 3.05) is 19.0 Å². The highest BCUT2D eigenvalue weighted by Crippen LogP contribution is 2.28. The van der Waals surface area contributed by atoms with E-state index in [1.165, 1.54) is 31.4 Å². The molecule has 2 aromatic rings. The van der Waals surface area contributed by atoms with Crippen molar-refractivity contribution in [1.82, 2.24) is 0 Å². The number of carbonyl (C=O) groups excluding carboxylic acids is 2. The summed E-state index contributed by atoms with van der Waals surface area (Å²) in [5, 5.41) is 13.2. The van der Waals surface area contributed by atoms with E-state index in [9.17, 15) is 19.7 Å². The molecule has 0 aliphatic rings. The molecule has 0 atom stereocenters. The second kappa shape index (κ2) is 9.14. The predicted molar refractivity (Wildman–Crippen MR) is 99.5 cm³/mol. The van der Waals surface area contributed by atoms with Crippen LogP contribution in [0.5, 0.6) is 5.75 Å². The largest absolute Gasteiger partial charge is 0.494 e. The third kappa shape index (κ3) is 5.96. The molecule has 8 heteroatoms. The zero-order valence-corrected chi connectivity index (χ0v) is 14.8. The number of anilines is 1. The number of non-ortho nitro benzene ring substituents is 1. The second-order valence-corrected chi connectivity index (χ2v) is 5.55. The Kier molecular flexibility index (Phi) is 6.65. The number of nitrogens with zero attached hydrogens (tertiary/aromatic N) is 1. The Morgan fingerprint density at radius 3 is 2.67 bits per heavy atom. The third-order valence-corrected chi connectivity index (χ3v) is 3.47. The number of rotatable bonds is 7. The number of hydrogen-bond donors (Lipinski definition) is 1. The molecule has 0 saturated carbocycles. The highest BCUT2D eigenvalue weighted by Gasteiger charge is 2.14. The molecule has 1 amide bonds. The van der Waals surface area contributed by atoms with Crippen molar-refractivity contribution in [3.63, 3.8) is 0 Å². The summed E-state index contributed by atoms with van der Waals surface area (Å²) in [6.45, 7) is 1.43. The summed E-state index contributed by atoms with van der Waals surface area (Å²) < 4.78 is 9.90. The number of ether oxygens (including phenoxy) is 2. The van der Waals surface area contributed by atoms with Gasteiger partial charge in [0.05, 0.1) is 23.8 Å². The Bertz CT molecular complexity index is 892. The van der Waals surface area contributed by atoms with Gasteiger partial charge in [-0.2, -0.15) is 0 Å². The molecule has 0 heterocycles. The van der Waals surface area contributed by atoms with Crippen LogP contribution in [0.1, 0.15) is 11.1 Å². The minimum atomic E-state index is -0.665. The number of methoxy groups -OCH3 is 1. The maximum Gasteiger partial charge on any atom is 0.331 e. The van der Waals surface area contributed by atoms with Crippen LogP contribution in [-0.4, -0.2) is 30.5 Å². The van der Waals surface area contributed by atoms with Crippen LogP contribution >= 0.6 is 0 Å². The molecule has 140 valence electrons. The van der Waals surface area contributed by atoms with Gasteiger partial charge in [0.2, 0.25) is 0 Å². The van der Waals surface area contributed by atoms with Crippen LogP contribution in [0, 0.1) is 17.0 Å². The van der Waals surface area contributed by atoms with Crippen molar-refractivity contribution in [3.05, 3.63) is 69.8 Å². The average molecular weight is 370 g/mol. The lowest BCUT2D eigenvalue weighted by Gasteiger charge is -2.09. The number of nitro benzene ring substituents is 1. The fourth-order valence-electron chi connectivity index (χ4n) is 2.21. The fourth-order valence-corrected chi connectivity index (χ4v) is 2.21. The van der Waals surface area contributed by atoms with Crippen LogP contribution in [0.3, 0.4) is 0 Å². The van der Waals surface area contributed by atoms with Crippen LogP contribution < -0.4 is 10.1 Å². The first-order valence-electron chi connectivity index (χ1n) is 7.93. The van der Waals surface area contributed by atoms with Gasteiger partial charge in [-0.25, -0.2) is 4.79 Å². The van der Waals surface area contributed by atoms with Gasteiger partial charge in [0.25, 0.3) is 11.6 Å². The Labute approximate surface area is 155 Å². The molecule has 1 N–H and O–H groups in total. The molecular weight excluding hydrogens is 352 g/mol. The van der Waals surface area contributed by atoms with E-state index in [4.69, 9.17) is 9.47 Å². The summed E-state index contributed by atoms with van der Waals surface area (Å²) in [5.41, 5.74) is 1.96. The number of benzene rings is 2. The maximum absolute atomic E-state index is 11.9. The summed E-state index contributed by atoms with van der Waals surface area (Å²) >= 11 is 0. The third-order valence-electron chi connectivity index (χ3n) is 3.47. The number of amides is 1. The Balaban J connectivity index is 1.90.